The highest BCUT2D eigenvalue weighted by atomic mass is 32.3. The van der Waals surface area contributed by atoms with Crippen LogP contribution >= 0.6 is 11.8 Å². The highest BCUT2D eigenvalue weighted by Gasteiger charge is 2.48. The van der Waals surface area contributed by atoms with Gasteiger partial charge in [-0.1, -0.05) is 25.6 Å². The summed E-state index contributed by atoms with van der Waals surface area (Å²) in [7, 11) is -3.89. The molecule has 0 bridgehead atoms. The molecule has 2 aliphatic rings. The number of rotatable bonds is 6. The van der Waals surface area contributed by atoms with Crippen molar-refractivity contribution in [3.8, 4) is 5.69 Å². The smallest absolute Gasteiger partial charge is 0.262 e. The van der Waals surface area contributed by atoms with Crippen molar-refractivity contribution in [2.45, 2.75) is 31.7 Å². The van der Waals surface area contributed by atoms with Gasteiger partial charge in [0.15, 0.2) is 0 Å². The molecule has 0 saturated carbocycles. The third-order valence-corrected chi connectivity index (χ3v) is 9.09. The zero-order valence-electron chi connectivity index (χ0n) is 17.4. The van der Waals surface area contributed by atoms with Crippen LogP contribution in [0.1, 0.15) is 30.6 Å². The second-order valence-corrected chi connectivity index (χ2v) is 11.2. The van der Waals surface area contributed by atoms with Crippen LogP contribution in [0, 0.1) is 5.92 Å². The lowest BCUT2D eigenvalue weighted by Crippen LogP contribution is -2.50. The van der Waals surface area contributed by atoms with E-state index in [9.17, 15) is 18.0 Å². The maximum absolute atomic E-state index is 13.1. The van der Waals surface area contributed by atoms with Crippen LogP contribution in [0.4, 0.5) is 0 Å². The Morgan fingerprint density at radius 2 is 1.97 bits per heavy atom. The van der Waals surface area contributed by atoms with E-state index in [2.05, 4.69) is 10.4 Å². The summed E-state index contributed by atoms with van der Waals surface area (Å²) in [4.78, 5) is 24.7. The molecular weight excluding hydrogens is 454 g/mol. The van der Waals surface area contributed by atoms with Gasteiger partial charge in [-0.25, -0.2) is 18.6 Å². The lowest BCUT2D eigenvalue weighted by molar-refractivity contribution is -0.134. The number of sulfonamides is 1. The topological polar surface area (TPSA) is 134 Å². The lowest BCUT2D eigenvalue weighted by Gasteiger charge is -2.29. The van der Waals surface area contributed by atoms with Crippen LogP contribution in [0.2, 0.25) is 0 Å². The predicted molar refractivity (Wildman–Crippen MR) is 118 cm³/mol. The number of hydrogen-bond acceptors (Lipinski definition) is 7. The molecule has 10 nitrogen and oxygen atoms in total. The molecule has 32 heavy (non-hydrogen) atoms. The van der Waals surface area contributed by atoms with Gasteiger partial charge in [-0.15, -0.1) is 0 Å². The molecule has 1 aromatic carbocycles. The van der Waals surface area contributed by atoms with Crippen LogP contribution in [-0.4, -0.2) is 57.5 Å². The third kappa shape index (κ3) is 4.06. The molecule has 3 heterocycles. The van der Waals surface area contributed by atoms with E-state index in [0.717, 1.165) is 21.8 Å². The quantitative estimate of drug-likeness (QED) is 0.424. The van der Waals surface area contributed by atoms with Crippen molar-refractivity contribution in [2.24, 2.45) is 5.92 Å². The molecule has 0 spiro atoms. The minimum Gasteiger partial charge on any atom is -0.340 e. The molecule has 2 unspecified atom stereocenters. The van der Waals surface area contributed by atoms with E-state index in [0.29, 0.717) is 17.6 Å². The fourth-order valence-electron chi connectivity index (χ4n) is 3.89. The van der Waals surface area contributed by atoms with Crippen molar-refractivity contribution in [3.63, 3.8) is 0 Å². The van der Waals surface area contributed by atoms with Gasteiger partial charge in [0.2, 0.25) is 10.0 Å². The number of nitrogens with zero attached hydrogens (tertiary/aromatic N) is 3. The highest BCUT2D eigenvalue weighted by molar-refractivity contribution is 8.18. The van der Waals surface area contributed by atoms with E-state index in [1.54, 1.807) is 66.7 Å². The van der Waals surface area contributed by atoms with E-state index in [1.165, 1.54) is 0 Å². The van der Waals surface area contributed by atoms with Gasteiger partial charge in [-0.2, -0.15) is 9.40 Å². The molecule has 0 saturated heterocycles. The van der Waals surface area contributed by atoms with Gasteiger partial charge >= 0.3 is 0 Å². The Hall–Kier alpha value is -2.67. The molecule has 3 N–H and O–H groups in total. The van der Waals surface area contributed by atoms with Gasteiger partial charge in [0.05, 0.1) is 11.1 Å². The number of hydrogen-bond donors (Lipinski definition) is 3. The van der Waals surface area contributed by atoms with Crippen molar-refractivity contribution >= 4 is 33.6 Å². The molecule has 2 aromatic rings. The number of carbonyl (C=O) groups excluding carboxylic acids is 2. The molecule has 12 heteroatoms. The summed E-state index contributed by atoms with van der Waals surface area (Å²) < 4.78 is 29.1. The monoisotopic (exact) mass is 477 g/mol. The first-order chi connectivity index (χ1) is 15.2. The van der Waals surface area contributed by atoms with Gasteiger partial charge in [0, 0.05) is 30.9 Å². The van der Waals surface area contributed by atoms with Crippen LogP contribution < -0.4 is 10.8 Å². The molecule has 4 rings (SSSR count). The highest BCUT2D eigenvalue weighted by Crippen LogP contribution is 2.47. The molecular formula is C20H23N5O5S2. The Balaban J connectivity index is 1.42. The van der Waals surface area contributed by atoms with Crippen LogP contribution in [0.3, 0.4) is 0 Å². The van der Waals surface area contributed by atoms with Crippen LogP contribution in [-0.2, 0) is 14.8 Å². The molecule has 2 amide bonds. The van der Waals surface area contributed by atoms with Crippen molar-refractivity contribution in [3.05, 3.63) is 58.1 Å². The Bertz CT molecular complexity index is 1160. The molecule has 170 valence electrons. The minimum absolute atomic E-state index is 0.0614. The van der Waals surface area contributed by atoms with Crippen molar-refractivity contribution < 1.29 is 23.2 Å². The Kier molecular flexibility index (Phi) is 6.12. The fourth-order valence-corrected chi connectivity index (χ4v) is 7.73. The van der Waals surface area contributed by atoms with Gasteiger partial charge in [0.25, 0.3) is 11.8 Å². The molecule has 2 atom stereocenters. The first kappa shape index (κ1) is 22.5. The number of hydroxylamine groups is 1. The van der Waals surface area contributed by atoms with Crippen LogP contribution in [0.25, 0.3) is 5.69 Å². The zero-order valence-corrected chi connectivity index (χ0v) is 19.1. The van der Waals surface area contributed by atoms with Crippen LogP contribution in [0.15, 0.2) is 52.5 Å². The zero-order chi connectivity index (χ0) is 23.0. The fraction of sp³-hybridized carbons (Fsp3) is 0.350. The number of thioether (sulfide) groups is 1. The summed E-state index contributed by atoms with van der Waals surface area (Å²) in [5.74, 6) is -1.40. The second-order valence-electron chi connectivity index (χ2n) is 7.89. The molecule has 2 aliphatic heterocycles. The largest absolute Gasteiger partial charge is 0.340 e. The minimum atomic E-state index is -3.89. The summed E-state index contributed by atoms with van der Waals surface area (Å²) in [5.41, 5.74) is 3.49. The van der Waals surface area contributed by atoms with E-state index in [1.807, 2.05) is 0 Å². The first-order valence-electron chi connectivity index (χ1n) is 9.97. The molecule has 0 fully saturated rings. The van der Waals surface area contributed by atoms with Gasteiger partial charge < -0.3 is 5.32 Å². The van der Waals surface area contributed by atoms with Crippen molar-refractivity contribution in [1.29, 1.82) is 0 Å². The summed E-state index contributed by atoms with van der Waals surface area (Å²) in [6.07, 6.45) is 3.83. The van der Waals surface area contributed by atoms with Gasteiger partial charge in [0.1, 0.15) is 10.3 Å². The number of aromatic nitrogens is 2. The average Bonchev–Trinajstić information content (AvgIpc) is 3.47. The summed E-state index contributed by atoms with van der Waals surface area (Å²) in [5, 5.41) is 15.6. The van der Waals surface area contributed by atoms with Gasteiger partial charge in [-0.05, 0) is 41.8 Å². The van der Waals surface area contributed by atoms with E-state index in [-0.39, 0.29) is 22.6 Å². The van der Waals surface area contributed by atoms with Crippen molar-refractivity contribution in [1.82, 2.24) is 24.9 Å². The summed E-state index contributed by atoms with van der Waals surface area (Å²) >= 11 is 1.07. The standard InChI is InChI=1S/C20H23N5O5S2/c1-12(2)17(19(27)23-28)25-11-14-10-16(31-20(14)32(25,29)30)22-18(26)13-4-6-15(7-5-13)24-9-3-8-21-24/h3-9,12,16-17,28H,10-11H2,1-2H3,(H,22,26)(H,23,27). The van der Waals surface area contributed by atoms with Gasteiger partial charge in [-0.3, -0.25) is 14.8 Å². The van der Waals surface area contributed by atoms with E-state index < -0.39 is 27.3 Å². The normalized spacial score (nSPS) is 20.9. The number of amides is 2. The van der Waals surface area contributed by atoms with E-state index >= 15 is 0 Å². The van der Waals surface area contributed by atoms with Crippen LogP contribution in [0.5, 0.6) is 0 Å². The SMILES string of the molecule is CC(C)C(C(=O)NO)N1CC2=C(SC(NC(=O)c3ccc(-n4cccn4)cc3)C2)S1(=O)=O. The summed E-state index contributed by atoms with van der Waals surface area (Å²) in [6.45, 7) is 3.49. The first-order valence-corrected chi connectivity index (χ1v) is 12.3. The third-order valence-electron chi connectivity index (χ3n) is 5.37. The predicted octanol–water partition coefficient (Wildman–Crippen LogP) is 1.45. The lowest BCUT2D eigenvalue weighted by atomic mass is 10.0. The molecule has 0 aliphatic carbocycles. The second kappa shape index (κ2) is 8.70. The van der Waals surface area contributed by atoms with E-state index in [4.69, 9.17) is 5.21 Å². The Labute approximate surface area is 189 Å². The number of nitrogens with one attached hydrogen (secondary N) is 2. The maximum atomic E-state index is 13.1. The Morgan fingerprint density at radius 1 is 1.25 bits per heavy atom. The number of carbonyl (C=O) groups is 2. The average molecular weight is 478 g/mol. The molecule has 0 radical (unpaired) electrons. The Morgan fingerprint density at radius 3 is 2.53 bits per heavy atom. The summed E-state index contributed by atoms with van der Waals surface area (Å²) in [6, 6.07) is 7.72. The molecule has 1 aromatic heterocycles. The number of benzene rings is 1. The van der Waals surface area contributed by atoms with Crippen molar-refractivity contribution in [2.75, 3.05) is 6.54 Å². The maximum Gasteiger partial charge on any atom is 0.262 e.